The third-order valence-corrected chi connectivity index (χ3v) is 4.25. The molecule has 2 aromatic rings. The van der Waals surface area contributed by atoms with Gasteiger partial charge in [-0.05, 0) is 32.0 Å². The summed E-state index contributed by atoms with van der Waals surface area (Å²) in [7, 11) is 0. The predicted molar refractivity (Wildman–Crippen MR) is 82.9 cm³/mol. The van der Waals surface area contributed by atoms with E-state index in [9.17, 15) is 4.79 Å². The SMILES string of the molecule is CC(C)n1cnnc1SCC(=O)c1ccc2c(c1)OCCO2. The van der Waals surface area contributed by atoms with Crippen LogP contribution in [0.2, 0.25) is 0 Å². The van der Waals surface area contributed by atoms with Crippen molar-refractivity contribution in [2.45, 2.75) is 25.0 Å². The molecule has 1 aromatic heterocycles. The molecule has 116 valence electrons. The van der Waals surface area contributed by atoms with Crippen molar-refractivity contribution in [3.63, 3.8) is 0 Å². The quantitative estimate of drug-likeness (QED) is 0.623. The van der Waals surface area contributed by atoms with Crippen molar-refractivity contribution in [2.24, 2.45) is 0 Å². The highest BCUT2D eigenvalue weighted by atomic mass is 32.2. The highest BCUT2D eigenvalue weighted by molar-refractivity contribution is 7.99. The Morgan fingerprint density at radius 1 is 1.32 bits per heavy atom. The fourth-order valence-corrected chi connectivity index (χ4v) is 3.06. The van der Waals surface area contributed by atoms with E-state index in [1.807, 2.05) is 4.57 Å². The van der Waals surface area contributed by atoms with Gasteiger partial charge in [0.2, 0.25) is 0 Å². The molecular formula is C15H17N3O3S. The molecule has 7 heteroatoms. The molecule has 0 fully saturated rings. The van der Waals surface area contributed by atoms with E-state index < -0.39 is 0 Å². The zero-order valence-electron chi connectivity index (χ0n) is 12.5. The van der Waals surface area contributed by atoms with Crippen molar-refractivity contribution in [2.75, 3.05) is 19.0 Å². The summed E-state index contributed by atoms with van der Waals surface area (Å²) in [6.07, 6.45) is 1.68. The van der Waals surface area contributed by atoms with Crippen LogP contribution in [0.1, 0.15) is 30.2 Å². The van der Waals surface area contributed by atoms with Crippen LogP contribution < -0.4 is 9.47 Å². The van der Waals surface area contributed by atoms with E-state index >= 15 is 0 Å². The molecule has 0 amide bonds. The first-order valence-corrected chi connectivity index (χ1v) is 8.09. The van der Waals surface area contributed by atoms with Gasteiger partial charge in [-0.1, -0.05) is 11.8 Å². The van der Waals surface area contributed by atoms with Gasteiger partial charge in [0.15, 0.2) is 22.4 Å². The van der Waals surface area contributed by atoms with Gasteiger partial charge in [-0.3, -0.25) is 4.79 Å². The van der Waals surface area contributed by atoms with E-state index in [2.05, 4.69) is 24.0 Å². The molecular weight excluding hydrogens is 302 g/mol. The Morgan fingerprint density at radius 3 is 2.86 bits per heavy atom. The normalized spacial score (nSPS) is 13.4. The molecule has 0 N–H and O–H groups in total. The van der Waals surface area contributed by atoms with E-state index in [4.69, 9.17) is 9.47 Å². The number of ketones is 1. The molecule has 1 aromatic carbocycles. The number of rotatable bonds is 5. The minimum Gasteiger partial charge on any atom is -0.486 e. The molecule has 2 heterocycles. The Hall–Kier alpha value is -2.02. The molecule has 6 nitrogen and oxygen atoms in total. The molecule has 0 aliphatic carbocycles. The maximum atomic E-state index is 12.3. The summed E-state index contributed by atoms with van der Waals surface area (Å²) < 4.78 is 12.9. The van der Waals surface area contributed by atoms with Crippen LogP contribution in [-0.4, -0.2) is 39.5 Å². The van der Waals surface area contributed by atoms with E-state index in [1.54, 1.807) is 24.5 Å². The number of benzene rings is 1. The first-order chi connectivity index (χ1) is 10.6. The van der Waals surface area contributed by atoms with Gasteiger partial charge in [0.05, 0.1) is 5.75 Å². The fourth-order valence-electron chi connectivity index (χ4n) is 2.12. The smallest absolute Gasteiger partial charge is 0.191 e. The Bertz CT molecular complexity index is 684. The Kier molecular flexibility index (Phi) is 4.33. The second-order valence-electron chi connectivity index (χ2n) is 5.18. The summed E-state index contributed by atoms with van der Waals surface area (Å²) in [6.45, 7) is 5.16. The lowest BCUT2D eigenvalue weighted by atomic mass is 10.1. The summed E-state index contributed by atoms with van der Waals surface area (Å²) in [5.74, 6) is 1.66. The lowest BCUT2D eigenvalue weighted by Crippen LogP contribution is -2.16. The molecule has 0 atom stereocenters. The number of hydrogen-bond acceptors (Lipinski definition) is 6. The predicted octanol–water partition coefficient (Wildman–Crippen LogP) is 2.61. The second-order valence-corrected chi connectivity index (χ2v) is 6.13. The van der Waals surface area contributed by atoms with Gasteiger partial charge in [0.25, 0.3) is 0 Å². The highest BCUT2D eigenvalue weighted by Gasteiger charge is 2.16. The van der Waals surface area contributed by atoms with Gasteiger partial charge in [-0.25, -0.2) is 0 Å². The van der Waals surface area contributed by atoms with Crippen molar-refractivity contribution in [1.82, 2.24) is 14.8 Å². The van der Waals surface area contributed by atoms with Crippen LogP contribution in [0, 0.1) is 0 Å². The minimum atomic E-state index is 0.0280. The highest BCUT2D eigenvalue weighted by Crippen LogP contribution is 2.31. The van der Waals surface area contributed by atoms with Gasteiger partial charge < -0.3 is 14.0 Å². The topological polar surface area (TPSA) is 66.2 Å². The van der Waals surface area contributed by atoms with Crippen molar-refractivity contribution < 1.29 is 14.3 Å². The molecule has 0 spiro atoms. The Labute approximate surface area is 132 Å². The number of ether oxygens (including phenoxy) is 2. The van der Waals surface area contributed by atoms with Crippen LogP contribution in [0.25, 0.3) is 0 Å². The van der Waals surface area contributed by atoms with Crippen molar-refractivity contribution in [1.29, 1.82) is 0 Å². The van der Waals surface area contributed by atoms with E-state index in [0.717, 1.165) is 5.16 Å². The lowest BCUT2D eigenvalue weighted by Gasteiger charge is -2.18. The van der Waals surface area contributed by atoms with Crippen LogP contribution in [0.4, 0.5) is 0 Å². The number of fused-ring (bicyclic) bond motifs is 1. The molecule has 0 saturated carbocycles. The van der Waals surface area contributed by atoms with Gasteiger partial charge >= 0.3 is 0 Å². The number of hydrogen-bond donors (Lipinski definition) is 0. The van der Waals surface area contributed by atoms with Crippen LogP contribution in [0.5, 0.6) is 11.5 Å². The zero-order valence-corrected chi connectivity index (χ0v) is 13.3. The first kappa shape index (κ1) is 14.9. The Morgan fingerprint density at radius 2 is 2.09 bits per heavy atom. The van der Waals surface area contributed by atoms with Crippen molar-refractivity contribution in [3.05, 3.63) is 30.1 Å². The number of nitrogens with zero attached hydrogens (tertiary/aromatic N) is 3. The number of carbonyl (C=O) groups is 1. The van der Waals surface area contributed by atoms with Crippen molar-refractivity contribution in [3.8, 4) is 11.5 Å². The summed E-state index contributed by atoms with van der Waals surface area (Å²) in [5.41, 5.74) is 0.618. The molecule has 0 saturated heterocycles. The monoisotopic (exact) mass is 319 g/mol. The van der Waals surface area contributed by atoms with Crippen molar-refractivity contribution >= 4 is 17.5 Å². The third-order valence-electron chi connectivity index (χ3n) is 3.29. The van der Waals surface area contributed by atoms with Crippen LogP contribution >= 0.6 is 11.8 Å². The average molecular weight is 319 g/mol. The van der Waals surface area contributed by atoms with Crippen LogP contribution in [0.15, 0.2) is 29.7 Å². The van der Waals surface area contributed by atoms with Gasteiger partial charge in [0.1, 0.15) is 19.5 Å². The van der Waals surface area contributed by atoms with Gasteiger partial charge in [-0.2, -0.15) is 0 Å². The molecule has 0 unspecified atom stereocenters. The zero-order chi connectivity index (χ0) is 15.5. The number of carbonyl (C=O) groups excluding carboxylic acids is 1. The van der Waals surface area contributed by atoms with E-state index in [1.165, 1.54) is 11.8 Å². The average Bonchev–Trinajstić information content (AvgIpc) is 3.01. The molecule has 3 rings (SSSR count). The minimum absolute atomic E-state index is 0.0280. The van der Waals surface area contributed by atoms with Gasteiger partial charge in [0, 0.05) is 11.6 Å². The fraction of sp³-hybridized carbons (Fsp3) is 0.400. The first-order valence-electron chi connectivity index (χ1n) is 7.10. The number of Topliss-reactive ketones (excluding diaryl/α,β-unsaturated/α-hetero) is 1. The standard InChI is InChI=1S/C15H17N3O3S/c1-10(2)18-9-16-17-15(18)22-8-12(19)11-3-4-13-14(7-11)21-6-5-20-13/h3-4,7,9-10H,5-6,8H2,1-2H3. The number of aromatic nitrogens is 3. The molecule has 1 aliphatic rings. The summed E-state index contributed by atoms with van der Waals surface area (Å²) in [5, 5.41) is 8.70. The second kappa shape index (κ2) is 6.39. The third kappa shape index (κ3) is 3.09. The largest absolute Gasteiger partial charge is 0.486 e. The van der Waals surface area contributed by atoms with E-state index in [0.29, 0.717) is 36.0 Å². The number of thioether (sulfide) groups is 1. The Balaban J connectivity index is 1.68. The van der Waals surface area contributed by atoms with Crippen LogP contribution in [0.3, 0.4) is 0 Å². The van der Waals surface area contributed by atoms with Crippen LogP contribution in [-0.2, 0) is 0 Å². The van der Waals surface area contributed by atoms with E-state index in [-0.39, 0.29) is 11.8 Å². The molecule has 22 heavy (non-hydrogen) atoms. The summed E-state index contributed by atoms with van der Waals surface area (Å²) in [6, 6.07) is 5.55. The molecule has 0 bridgehead atoms. The summed E-state index contributed by atoms with van der Waals surface area (Å²) >= 11 is 1.39. The van der Waals surface area contributed by atoms with Gasteiger partial charge in [-0.15, -0.1) is 10.2 Å². The lowest BCUT2D eigenvalue weighted by molar-refractivity contribution is 0.102. The molecule has 0 radical (unpaired) electrons. The maximum Gasteiger partial charge on any atom is 0.191 e. The maximum absolute atomic E-state index is 12.3. The molecule has 1 aliphatic heterocycles. The summed E-state index contributed by atoms with van der Waals surface area (Å²) in [4.78, 5) is 12.3.